The van der Waals surface area contributed by atoms with Crippen LogP contribution >= 0.6 is 0 Å². The zero-order valence-electron chi connectivity index (χ0n) is 16.3. The summed E-state index contributed by atoms with van der Waals surface area (Å²) in [6.45, 7) is 0.794. The highest BCUT2D eigenvalue weighted by atomic mass is 16.2. The predicted octanol–water partition coefficient (Wildman–Crippen LogP) is 2.45. The van der Waals surface area contributed by atoms with Gasteiger partial charge in [0.25, 0.3) is 11.5 Å². The molecule has 2 aromatic heterocycles. The molecular formula is C23H21N5O2. The maximum atomic E-state index is 12.5. The molecule has 7 heteroatoms. The number of amides is 1. The van der Waals surface area contributed by atoms with E-state index in [1.165, 1.54) is 16.8 Å². The maximum Gasteiger partial charge on any atom is 0.271 e. The molecule has 4 aromatic rings. The van der Waals surface area contributed by atoms with Gasteiger partial charge >= 0.3 is 0 Å². The number of hydrogen-bond acceptors (Lipinski definition) is 4. The third kappa shape index (κ3) is 4.70. The Kier molecular flexibility index (Phi) is 5.80. The van der Waals surface area contributed by atoms with Crippen molar-refractivity contribution in [3.8, 4) is 5.69 Å². The molecule has 0 aliphatic heterocycles. The molecule has 0 saturated heterocycles. The minimum absolute atomic E-state index is 0.222. The summed E-state index contributed by atoms with van der Waals surface area (Å²) >= 11 is 0. The van der Waals surface area contributed by atoms with Crippen molar-refractivity contribution in [1.29, 1.82) is 0 Å². The molecule has 0 bridgehead atoms. The quantitative estimate of drug-likeness (QED) is 0.518. The van der Waals surface area contributed by atoms with Crippen molar-refractivity contribution in [2.24, 2.45) is 0 Å². The Bertz CT molecular complexity index is 1170. The van der Waals surface area contributed by atoms with Crippen LogP contribution in [-0.4, -0.2) is 32.0 Å². The minimum Gasteiger partial charge on any atom is -0.350 e. The van der Waals surface area contributed by atoms with E-state index in [1.54, 1.807) is 10.9 Å². The molecule has 0 aliphatic rings. The predicted molar refractivity (Wildman–Crippen MR) is 114 cm³/mol. The Balaban J connectivity index is 1.35. The van der Waals surface area contributed by atoms with Gasteiger partial charge in [0.05, 0.1) is 12.2 Å². The maximum absolute atomic E-state index is 12.5. The number of nitrogens with zero attached hydrogens (tertiary/aromatic N) is 4. The average molecular weight is 399 g/mol. The van der Waals surface area contributed by atoms with Crippen LogP contribution in [0.3, 0.4) is 0 Å². The largest absolute Gasteiger partial charge is 0.350 e. The molecule has 150 valence electrons. The molecule has 0 atom stereocenters. The number of carbonyl (C=O) groups is 1. The van der Waals surface area contributed by atoms with E-state index in [0.717, 1.165) is 16.8 Å². The van der Waals surface area contributed by atoms with Crippen molar-refractivity contribution in [2.45, 2.75) is 13.0 Å². The zero-order valence-corrected chi connectivity index (χ0v) is 16.3. The monoisotopic (exact) mass is 399 g/mol. The van der Waals surface area contributed by atoms with Gasteiger partial charge in [-0.1, -0.05) is 42.5 Å². The number of hydrogen-bond donors (Lipinski definition) is 1. The number of carbonyl (C=O) groups excluding carboxylic acids is 1. The highest BCUT2D eigenvalue weighted by molar-refractivity contribution is 5.91. The van der Waals surface area contributed by atoms with Gasteiger partial charge in [-0.2, -0.15) is 10.2 Å². The smallest absolute Gasteiger partial charge is 0.271 e. The van der Waals surface area contributed by atoms with Crippen molar-refractivity contribution in [3.05, 3.63) is 112 Å². The first-order valence-corrected chi connectivity index (χ1v) is 9.68. The van der Waals surface area contributed by atoms with Gasteiger partial charge in [-0.05, 0) is 41.8 Å². The van der Waals surface area contributed by atoms with E-state index < -0.39 is 0 Å². The first-order valence-electron chi connectivity index (χ1n) is 9.68. The molecule has 0 aliphatic carbocycles. The van der Waals surface area contributed by atoms with E-state index in [9.17, 15) is 9.59 Å². The highest BCUT2D eigenvalue weighted by Gasteiger charge is 2.10. The lowest BCUT2D eigenvalue weighted by Crippen LogP contribution is -2.31. The first kappa shape index (κ1) is 19.3. The molecule has 7 nitrogen and oxygen atoms in total. The summed E-state index contributed by atoms with van der Waals surface area (Å²) in [5, 5.41) is 11.3. The van der Waals surface area contributed by atoms with Crippen molar-refractivity contribution in [2.75, 3.05) is 6.54 Å². The second-order valence-electron chi connectivity index (χ2n) is 6.82. The fraction of sp³-hybridized carbons (Fsp3) is 0.130. The normalized spacial score (nSPS) is 10.7. The van der Waals surface area contributed by atoms with Crippen molar-refractivity contribution < 1.29 is 4.79 Å². The number of nitrogens with one attached hydrogen (secondary N) is 1. The molecule has 30 heavy (non-hydrogen) atoms. The fourth-order valence-corrected chi connectivity index (χ4v) is 3.09. The Morgan fingerprint density at radius 1 is 0.900 bits per heavy atom. The summed E-state index contributed by atoms with van der Waals surface area (Å²) in [5.41, 5.74) is 3.02. The molecule has 0 saturated carbocycles. The summed E-state index contributed by atoms with van der Waals surface area (Å²) in [5.74, 6) is -0.301. The van der Waals surface area contributed by atoms with Gasteiger partial charge < -0.3 is 5.32 Å². The van der Waals surface area contributed by atoms with Crippen molar-refractivity contribution >= 4 is 5.91 Å². The Morgan fingerprint density at radius 3 is 2.43 bits per heavy atom. The van der Waals surface area contributed by atoms with E-state index in [-0.39, 0.29) is 17.2 Å². The van der Waals surface area contributed by atoms with Gasteiger partial charge in [0.15, 0.2) is 0 Å². The van der Waals surface area contributed by atoms with E-state index in [0.29, 0.717) is 19.5 Å². The van der Waals surface area contributed by atoms with Crippen molar-refractivity contribution in [3.63, 3.8) is 0 Å². The molecule has 4 rings (SSSR count). The van der Waals surface area contributed by atoms with Gasteiger partial charge in [0.2, 0.25) is 0 Å². The number of rotatable bonds is 7. The first-order chi connectivity index (χ1) is 14.7. The van der Waals surface area contributed by atoms with E-state index >= 15 is 0 Å². The highest BCUT2D eigenvalue weighted by Crippen LogP contribution is 2.09. The van der Waals surface area contributed by atoms with Crippen LogP contribution in [0.25, 0.3) is 5.69 Å². The van der Waals surface area contributed by atoms with Crippen LogP contribution in [0.15, 0.2) is 90.0 Å². The molecule has 2 aromatic carbocycles. The average Bonchev–Trinajstić information content (AvgIpc) is 3.31. The molecule has 2 heterocycles. The van der Waals surface area contributed by atoms with Crippen LogP contribution in [0.2, 0.25) is 0 Å². The van der Waals surface area contributed by atoms with Gasteiger partial charge in [0.1, 0.15) is 5.69 Å². The van der Waals surface area contributed by atoms with E-state index in [4.69, 9.17) is 0 Å². The van der Waals surface area contributed by atoms with Crippen LogP contribution < -0.4 is 10.9 Å². The minimum atomic E-state index is -0.301. The zero-order chi connectivity index (χ0) is 20.8. The van der Waals surface area contributed by atoms with Crippen LogP contribution in [0, 0.1) is 0 Å². The van der Waals surface area contributed by atoms with E-state index in [2.05, 4.69) is 15.5 Å². The van der Waals surface area contributed by atoms with Gasteiger partial charge in [-0.15, -0.1) is 0 Å². The Hall–Kier alpha value is -4.00. The summed E-state index contributed by atoms with van der Waals surface area (Å²) in [7, 11) is 0. The van der Waals surface area contributed by atoms with Crippen molar-refractivity contribution in [1.82, 2.24) is 24.9 Å². The molecule has 0 spiro atoms. The lowest BCUT2D eigenvalue weighted by Gasteiger charge is -2.08. The molecule has 0 radical (unpaired) electrons. The molecule has 1 amide bonds. The van der Waals surface area contributed by atoms with Crippen LogP contribution in [0.1, 0.15) is 21.6 Å². The standard InChI is InChI=1S/C23H21N5O2/c29-22-12-11-21(26-28(22)17-19-5-2-1-3-6-19)23(30)24-15-13-18-7-9-20(10-8-18)27-16-4-14-25-27/h1-12,14,16H,13,15,17H2,(H,24,30). The third-order valence-corrected chi connectivity index (χ3v) is 4.68. The summed E-state index contributed by atoms with van der Waals surface area (Å²) in [6.07, 6.45) is 4.31. The molecule has 0 fully saturated rings. The van der Waals surface area contributed by atoms with Gasteiger partial charge in [0, 0.05) is 25.0 Å². The fourth-order valence-electron chi connectivity index (χ4n) is 3.09. The topological polar surface area (TPSA) is 81.8 Å². The summed E-state index contributed by atoms with van der Waals surface area (Å²) in [4.78, 5) is 24.5. The summed E-state index contributed by atoms with van der Waals surface area (Å²) < 4.78 is 3.10. The number of aromatic nitrogens is 4. The molecular weight excluding hydrogens is 378 g/mol. The summed E-state index contributed by atoms with van der Waals surface area (Å²) in [6, 6.07) is 22.3. The van der Waals surface area contributed by atoms with E-state index in [1.807, 2.05) is 66.9 Å². The van der Waals surface area contributed by atoms with Crippen LogP contribution in [-0.2, 0) is 13.0 Å². The van der Waals surface area contributed by atoms with Gasteiger partial charge in [-0.25, -0.2) is 9.36 Å². The van der Waals surface area contributed by atoms with Gasteiger partial charge in [-0.3, -0.25) is 9.59 Å². The molecule has 1 N–H and O–H groups in total. The SMILES string of the molecule is O=C(NCCc1ccc(-n2cccn2)cc1)c1ccc(=O)n(Cc2ccccc2)n1. The Labute approximate surface area is 173 Å². The van der Waals surface area contributed by atoms with Crippen LogP contribution in [0.4, 0.5) is 0 Å². The number of benzene rings is 2. The third-order valence-electron chi connectivity index (χ3n) is 4.68. The van der Waals surface area contributed by atoms with Crippen LogP contribution in [0.5, 0.6) is 0 Å². The second-order valence-corrected chi connectivity index (χ2v) is 6.82. The second kappa shape index (κ2) is 9.00. The molecule has 0 unspecified atom stereocenters. The lowest BCUT2D eigenvalue weighted by molar-refractivity contribution is 0.0946. The lowest BCUT2D eigenvalue weighted by atomic mass is 10.1. The Morgan fingerprint density at radius 2 is 1.70 bits per heavy atom.